The predicted octanol–water partition coefficient (Wildman–Crippen LogP) is 4.33. The van der Waals surface area contributed by atoms with E-state index in [1.807, 2.05) is 38.1 Å². The number of carbonyl (C=O) groups excluding carboxylic acids is 1. The number of benzene rings is 2. The number of halogens is 1. The number of carbonyl (C=O) groups is 1. The van der Waals surface area contributed by atoms with E-state index >= 15 is 0 Å². The number of H-pyrrole nitrogens is 1. The Labute approximate surface area is 161 Å². The van der Waals surface area contributed by atoms with Crippen LogP contribution in [0.5, 0.6) is 5.75 Å². The molecular weight excluding hydrogens is 366 g/mol. The summed E-state index contributed by atoms with van der Waals surface area (Å²) in [5.74, 6) is 0.749. The van der Waals surface area contributed by atoms with Crippen molar-refractivity contribution in [2.75, 3.05) is 12.4 Å². The maximum atomic E-state index is 12.2. The minimum Gasteiger partial charge on any atom is -0.486 e. The molecule has 1 aromatic heterocycles. The van der Waals surface area contributed by atoms with Crippen LogP contribution in [0.1, 0.15) is 35.3 Å². The quantitative estimate of drug-likeness (QED) is 0.654. The van der Waals surface area contributed by atoms with Gasteiger partial charge in [0.15, 0.2) is 0 Å². The molecule has 0 fully saturated rings. The fraction of sp³-hybridized carbons (Fsp3) is 0.300. The summed E-state index contributed by atoms with van der Waals surface area (Å²) in [5, 5.41) is 3.96. The molecule has 7 heteroatoms. The van der Waals surface area contributed by atoms with Gasteiger partial charge in [-0.1, -0.05) is 29.8 Å². The Morgan fingerprint density at radius 1 is 1.41 bits per heavy atom. The van der Waals surface area contributed by atoms with Gasteiger partial charge in [-0.25, -0.2) is 9.78 Å². The number of ether oxygens (including phenoxy) is 2. The molecule has 3 aromatic rings. The highest BCUT2D eigenvalue weighted by atomic mass is 35.5. The number of nitrogens with zero attached hydrogens (tertiary/aromatic N) is 1. The molecule has 0 radical (unpaired) electrons. The zero-order chi connectivity index (χ0) is 19.2. The summed E-state index contributed by atoms with van der Waals surface area (Å²) in [6.07, 6.45) is 0.676. The van der Waals surface area contributed by atoms with Crippen molar-refractivity contribution in [2.24, 2.45) is 0 Å². The van der Waals surface area contributed by atoms with Gasteiger partial charge >= 0.3 is 5.97 Å². The number of rotatable bonds is 4. The van der Waals surface area contributed by atoms with Crippen LogP contribution in [0.3, 0.4) is 0 Å². The molecule has 2 heterocycles. The molecule has 140 valence electrons. The van der Waals surface area contributed by atoms with Gasteiger partial charge in [-0.2, -0.15) is 0 Å². The second-order valence-corrected chi connectivity index (χ2v) is 7.59. The lowest BCUT2D eigenvalue weighted by atomic mass is 9.99. The topological polar surface area (TPSA) is 76.2 Å². The smallest absolute Gasteiger partial charge is 0.341 e. The summed E-state index contributed by atoms with van der Waals surface area (Å²) in [6.45, 7) is 4.52. The second kappa shape index (κ2) is 6.46. The van der Waals surface area contributed by atoms with Crippen LogP contribution in [0, 0.1) is 0 Å². The molecule has 1 aliphatic heterocycles. The minimum atomic E-state index is -0.431. The normalized spacial score (nSPS) is 14.7. The van der Waals surface area contributed by atoms with E-state index < -0.39 is 11.6 Å². The Hall–Kier alpha value is -2.73. The second-order valence-electron chi connectivity index (χ2n) is 7.19. The molecule has 0 unspecified atom stereocenters. The lowest BCUT2D eigenvalue weighted by Gasteiger charge is -2.17. The third-order valence-electron chi connectivity index (χ3n) is 4.62. The van der Waals surface area contributed by atoms with Crippen molar-refractivity contribution in [1.82, 2.24) is 9.97 Å². The summed E-state index contributed by atoms with van der Waals surface area (Å²) in [5.41, 5.74) is 3.48. The monoisotopic (exact) mass is 385 g/mol. The first kappa shape index (κ1) is 17.7. The van der Waals surface area contributed by atoms with Crippen LogP contribution in [-0.4, -0.2) is 28.6 Å². The van der Waals surface area contributed by atoms with E-state index in [1.165, 1.54) is 7.11 Å². The van der Waals surface area contributed by atoms with Gasteiger partial charge in [0.05, 0.1) is 18.1 Å². The van der Waals surface area contributed by atoms with Crippen molar-refractivity contribution in [3.63, 3.8) is 0 Å². The molecule has 4 rings (SSSR count). The molecule has 1 aliphatic rings. The van der Waals surface area contributed by atoms with E-state index in [0.29, 0.717) is 40.8 Å². The van der Waals surface area contributed by atoms with Crippen LogP contribution in [0.25, 0.3) is 11.0 Å². The maximum absolute atomic E-state index is 12.2. The first-order chi connectivity index (χ1) is 12.9. The third kappa shape index (κ3) is 3.21. The maximum Gasteiger partial charge on any atom is 0.341 e. The average molecular weight is 386 g/mol. The van der Waals surface area contributed by atoms with Crippen LogP contribution >= 0.6 is 11.6 Å². The first-order valence-corrected chi connectivity index (χ1v) is 9.06. The average Bonchev–Trinajstić information content (AvgIpc) is 3.18. The molecule has 0 atom stereocenters. The summed E-state index contributed by atoms with van der Waals surface area (Å²) in [7, 11) is 1.36. The molecule has 0 bridgehead atoms. The van der Waals surface area contributed by atoms with Gasteiger partial charge in [-0.15, -0.1) is 0 Å². The number of nitrogens with one attached hydrogen (secondary N) is 2. The molecule has 0 spiro atoms. The summed E-state index contributed by atoms with van der Waals surface area (Å²) in [4.78, 5) is 20.1. The molecular formula is C20H20ClN3O3. The number of hydrogen-bond acceptors (Lipinski definition) is 5. The molecule has 0 aliphatic carbocycles. The van der Waals surface area contributed by atoms with Gasteiger partial charge in [-0.3, -0.25) is 0 Å². The Balaban J connectivity index is 1.72. The van der Waals surface area contributed by atoms with Gasteiger partial charge in [-0.05, 0) is 31.5 Å². The van der Waals surface area contributed by atoms with E-state index in [-0.39, 0.29) is 0 Å². The Morgan fingerprint density at radius 3 is 2.93 bits per heavy atom. The van der Waals surface area contributed by atoms with Crippen molar-refractivity contribution in [2.45, 2.75) is 32.4 Å². The summed E-state index contributed by atoms with van der Waals surface area (Å²) >= 11 is 6.21. The van der Waals surface area contributed by atoms with Gasteiger partial charge in [0, 0.05) is 23.6 Å². The van der Waals surface area contributed by atoms with Crippen LogP contribution in [0.2, 0.25) is 5.02 Å². The summed E-state index contributed by atoms with van der Waals surface area (Å²) in [6, 6.07) is 9.36. The molecule has 6 nitrogen and oxygen atoms in total. The number of hydrogen-bond donors (Lipinski definition) is 2. The Morgan fingerprint density at radius 2 is 2.19 bits per heavy atom. The van der Waals surface area contributed by atoms with Crippen LogP contribution in [0.4, 0.5) is 5.95 Å². The molecule has 0 saturated heterocycles. The SMILES string of the molecule is COC(=O)c1cc2nc(NCc3ccccc3Cl)[nH]c2c2c1OC(C)(C)C2. The lowest BCUT2D eigenvalue weighted by Crippen LogP contribution is -2.25. The van der Waals surface area contributed by atoms with E-state index in [9.17, 15) is 4.79 Å². The van der Waals surface area contributed by atoms with Crippen molar-refractivity contribution in [3.05, 3.63) is 52.0 Å². The molecule has 0 amide bonds. The van der Waals surface area contributed by atoms with E-state index in [0.717, 1.165) is 16.6 Å². The largest absolute Gasteiger partial charge is 0.486 e. The van der Waals surface area contributed by atoms with Crippen molar-refractivity contribution < 1.29 is 14.3 Å². The highest BCUT2D eigenvalue weighted by Gasteiger charge is 2.36. The zero-order valence-electron chi connectivity index (χ0n) is 15.4. The number of methoxy groups -OCH3 is 1. The van der Waals surface area contributed by atoms with Crippen molar-refractivity contribution in [1.29, 1.82) is 0 Å². The number of anilines is 1. The minimum absolute atomic E-state index is 0.393. The number of aromatic amines is 1. The molecule has 0 saturated carbocycles. The van der Waals surface area contributed by atoms with Gasteiger partial charge in [0.25, 0.3) is 0 Å². The van der Waals surface area contributed by atoms with Gasteiger partial charge < -0.3 is 19.8 Å². The molecule has 2 aromatic carbocycles. The first-order valence-electron chi connectivity index (χ1n) is 8.68. The van der Waals surface area contributed by atoms with E-state index in [1.54, 1.807) is 6.07 Å². The lowest BCUT2D eigenvalue weighted by molar-refractivity contribution is 0.0590. The van der Waals surface area contributed by atoms with Crippen LogP contribution in [-0.2, 0) is 17.7 Å². The van der Waals surface area contributed by atoms with Gasteiger partial charge in [0.1, 0.15) is 16.9 Å². The highest BCUT2D eigenvalue weighted by Crippen LogP contribution is 2.42. The Kier molecular flexibility index (Phi) is 4.23. The Bertz CT molecular complexity index is 1040. The third-order valence-corrected chi connectivity index (χ3v) is 4.99. The molecule has 2 N–H and O–H groups in total. The van der Waals surface area contributed by atoms with Gasteiger partial charge in [0.2, 0.25) is 5.95 Å². The number of imidazole rings is 1. The highest BCUT2D eigenvalue weighted by molar-refractivity contribution is 6.31. The number of esters is 1. The number of aromatic nitrogens is 2. The predicted molar refractivity (Wildman–Crippen MR) is 105 cm³/mol. The van der Waals surface area contributed by atoms with Crippen molar-refractivity contribution in [3.8, 4) is 5.75 Å². The van der Waals surface area contributed by atoms with Crippen molar-refractivity contribution >= 4 is 34.6 Å². The fourth-order valence-electron chi connectivity index (χ4n) is 3.39. The van der Waals surface area contributed by atoms with E-state index in [4.69, 9.17) is 21.1 Å². The standard InChI is InChI=1S/C20H20ClN3O3/c1-20(2)9-13-16-15(8-12(17(13)27-20)18(25)26-3)23-19(24-16)22-10-11-6-4-5-7-14(11)21/h4-8H,9-10H2,1-3H3,(H2,22,23,24). The zero-order valence-corrected chi connectivity index (χ0v) is 16.1. The van der Waals surface area contributed by atoms with Crippen LogP contribution < -0.4 is 10.1 Å². The van der Waals surface area contributed by atoms with E-state index in [2.05, 4.69) is 15.3 Å². The molecule has 27 heavy (non-hydrogen) atoms. The number of fused-ring (bicyclic) bond motifs is 3. The fourth-order valence-corrected chi connectivity index (χ4v) is 3.59. The summed E-state index contributed by atoms with van der Waals surface area (Å²) < 4.78 is 10.9. The van der Waals surface area contributed by atoms with Crippen LogP contribution in [0.15, 0.2) is 30.3 Å².